The van der Waals surface area contributed by atoms with E-state index in [4.69, 9.17) is 0 Å². The van der Waals surface area contributed by atoms with Crippen LogP contribution in [-0.2, 0) is 11.2 Å². The first-order valence-electron chi connectivity index (χ1n) is 8.04. The standard InChI is InChI=1S/C19H25N3O/c1-22(2)18(17-8-4-3-5-9-17)10-11-19(23)21-14-12-16-7-6-13-20-15-16/h3-9,13,15,18H,10-12,14H2,1-2H3,(H,21,23). The van der Waals surface area contributed by atoms with Crippen LogP contribution in [0.2, 0.25) is 0 Å². The summed E-state index contributed by atoms with van der Waals surface area (Å²) >= 11 is 0. The van der Waals surface area contributed by atoms with Crippen LogP contribution in [0.1, 0.15) is 30.0 Å². The first-order valence-corrected chi connectivity index (χ1v) is 8.04. The molecule has 23 heavy (non-hydrogen) atoms. The van der Waals surface area contributed by atoms with E-state index in [1.807, 2.05) is 36.5 Å². The van der Waals surface area contributed by atoms with E-state index in [-0.39, 0.29) is 11.9 Å². The van der Waals surface area contributed by atoms with E-state index in [9.17, 15) is 4.79 Å². The van der Waals surface area contributed by atoms with Gasteiger partial charge in [0.25, 0.3) is 0 Å². The highest BCUT2D eigenvalue weighted by Gasteiger charge is 2.15. The number of benzene rings is 1. The minimum Gasteiger partial charge on any atom is -0.356 e. The van der Waals surface area contributed by atoms with E-state index < -0.39 is 0 Å². The van der Waals surface area contributed by atoms with Gasteiger partial charge in [0, 0.05) is 31.4 Å². The van der Waals surface area contributed by atoms with Gasteiger partial charge >= 0.3 is 0 Å². The Morgan fingerprint density at radius 3 is 2.61 bits per heavy atom. The molecule has 4 nitrogen and oxygen atoms in total. The van der Waals surface area contributed by atoms with Crippen molar-refractivity contribution in [2.75, 3.05) is 20.6 Å². The minimum atomic E-state index is 0.108. The fourth-order valence-corrected chi connectivity index (χ4v) is 2.65. The first kappa shape index (κ1) is 17.2. The van der Waals surface area contributed by atoms with Crippen LogP contribution in [0, 0.1) is 0 Å². The van der Waals surface area contributed by atoms with Crippen molar-refractivity contribution in [1.29, 1.82) is 0 Å². The van der Waals surface area contributed by atoms with Crippen molar-refractivity contribution in [3.63, 3.8) is 0 Å². The predicted octanol–water partition coefficient (Wildman–Crippen LogP) is 2.82. The van der Waals surface area contributed by atoms with Crippen molar-refractivity contribution in [2.45, 2.75) is 25.3 Å². The summed E-state index contributed by atoms with van der Waals surface area (Å²) in [5.74, 6) is 0.108. The smallest absolute Gasteiger partial charge is 0.220 e. The molecule has 1 amide bonds. The Labute approximate surface area is 138 Å². The zero-order valence-corrected chi connectivity index (χ0v) is 13.9. The molecule has 1 N–H and O–H groups in total. The fraction of sp³-hybridized carbons (Fsp3) is 0.368. The zero-order valence-electron chi connectivity index (χ0n) is 13.9. The Balaban J connectivity index is 1.76. The Hall–Kier alpha value is -2.20. The molecular weight excluding hydrogens is 286 g/mol. The molecule has 1 aromatic heterocycles. The lowest BCUT2D eigenvalue weighted by Gasteiger charge is -2.24. The third-order valence-electron chi connectivity index (χ3n) is 3.91. The second-order valence-corrected chi connectivity index (χ2v) is 5.89. The molecule has 4 heteroatoms. The molecule has 122 valence electrons. The van der Waals surface area contributed by atoms with E-state index in [2.05, 4.69) is 41.4 Å². The molecule has 1 unspecified atom stereocenters. The number of nitrogens with one attached hydrogen (secondary N) is 1. The van der Waals surface area contributed by atoms with Crippen LogP contribution in [0.25, 0.3) is 0 Å². The Morgan fingerprint density at radius 1 is 1.17 bits per heavy atom. The van der Waals surface area contributed by atoms with Gasteiger partial charge in [0.15, 0.2) is 0 Å². The predicted molar refractivity (Wildman–Crippen MR) is 93.1 cm³/mol. The van der Waals surface area contributed by atoms with Crippen LogP contribution >= 0.6 is 0 Å². The molecule has 0 fully saturated rings. The maximum atomic E-state index is 12.0. The lowest BCUT2D eigenvalue weighted by molar-refractivity contribution is -0.121. The van der Waals surface area contributed by atoms with E-state index >= 15 is 0 Å². The third kappa shape index (κ3) is 5.83. The lowest BCUT2D eigenvalue weighted by atomic mass is 10.0. The van der Waals surface area contributed by atoms with Gasteiger partial charge < -0.3 is 10.2 Å². The minimum absolute atomic E-state index is 0.108. The lowest BCUT2D eigenvalue weighted by Crippen LogP contribution is -2.27. The highest BCUT2D eigenvalue weighted by molar-refractivity contribution is 5.75. The Morgan fingerprint density at radius 2 is 1.96 bits per heavy atom. The second-order valence-electron chi connectivity index (χ2n) is 5.89. The van der Waals surface area contributed by atoms with Crippen LogP contribution < -0.4 is 5.32 Å². The summed E-state index contributed by atoms with van der Waals surface area (Å²) in [7, 11) is 4.11. The molecular formula is C19H25N3O. The maximum absolute atomic E-state index is 12.0. The number of aromatic nitrogens is 1. The summed E-state index contributed by atoms with van der Waals surface area (Å²) in [6.07, 6.45) is 5.76. The van der Waals surface area contributed by atoms with Gasteiger partial charge in [0.2, 0.25) is 5.91 Å². The molecule has 0 saturated carbocycles. The Bertz CT molecular complexity index is 584. The number of amides is 1. The normalized spacial score (nSPS) is 12.1. The molecule has 0 spiro atoms. The van der Waals surface area contributed by atoms with Gasteiger partial charge in [0.1, 0.15) is 0 Å². The topological polar surface area (TPSA) is 45.2 Å². The monoisotopic (exact) mass is 311 g/mol. The van der Waals surface area contributed by atoms with Crippen molar-refractivity contribution < 1.29 is 4.79 Å². The van der Waals surface area contributed by atoms with Crippen molar-refractivity contribution >= 4 is 5.91 Å². The van der Waals surface area contributed by atoms with Crippen LogP contribution in [0.3, 0.4) is 0 Å². The van der Waals surface area contributed by atoms with Gasteiger partial charge in [-0.3, -0.25) is 9.78 Å². The van der Waals surface area contributed by atoms with E-state index in [0.717, 1.165) is 18.4 Å². The molecule has 0 aliphatic carbocycles. The maximum Gasteiger partial charge on any atom is 0.220 e. The average molecular weight is 311 g/mol. The van der Waals surface area contributed by atoms with Crippen molar-refractivity contribution in [3.8, 4) is 0 Å². The van der Waals surface area contributed by atoms with E-state index in [1.54, 1.807) is 6.20 Å². The van der Waals surface area contributed by atoms with Gasteiger partial charge in [-0.15, -0.1) is 0 Å². The quantitative estimate of drug-likeness (QED) is 0.815. The van der Waals surface area contributed by atoms with Gasteiger partial charge in [-0.1, -0.05) is 36.4 Å². The summed E-state index contributed by atoms with van der Waals surface area (Å²) in [4.78, 5) is 18.3. The summed E-state index contributed by atoms with van der Waals surface area (Å²) in [5, 5.41) is 2.99. The second kappa shape index (κ2) is 9.06. The van der Waals surface area contributed by atoms with Crippen LogP contribution in [-0.4, -0.2) is 36.4 Å². The van der Waals surface area contributed by atoms with E-state index in [1.165, 1.54) is 5.56 Å². The number of pyridine rings is 1. The summed E-state index contributed by atoms with van der Waals surface area (Å²) in [5.41, 5.74) is 2.39. The number of carbonyl (C=O) groups excluding carboxylic acids is 1. The SMILES string of the molecule is CN(C)C(CCC(=O)NCCc1cccnc1)c1ccccc1. The molecule has 0 aliphatic heterocycles. The summed E-state index contributed by atoms with van der Waals surface area (Å²) in [6, 6.07) is 14.5. The van der Waals surface area contributed by atoms with Gasteiger partial charge in [-0.25, -0.2) is 0 Å². The first-order chi connectivity index (χ1) is 11.2. The molecule has 1 aromatic carbocycles. The largest absolute Gasteiger partial charge is 0.356 e. The summed E-state index contributed by atoms with van der Waals surface area (Å²) in [6.45, 7) is 0.655. The third-order valence-corrected chi connectivity index (χ3v) is 3.91. The van der Waals surface area contributed by atoms with Crippen LogP contribution in [0.15, 0.2) is 54.9 Å². The summed E-state index contributed by atoms with van der Waals surface area (Å²) < 4.78 is 0. The Kier molecular flexibility index (Phi) is 6.76. The van der Waals surface area contributed by atoms with Gasteiger partial charge in [-0.05, 0) is 44.1 Å². The van der Waals surface area contributed by atoms with Gasteiger partial charge in [-0.2, -0.15) is 0 Å². The zero-order chi connectivity index (χ0) is 16.5. The van der Waals surface area contributed by atoms with Crippen LogP contribution in [0.4, 0.5) is 0 Å². The van der Waals surface area contributed by atoms with Crippen LogP contribution in [0.5, 0.6) is 0 Å². The molecule has 0 saturated heterocycles. The highest BCUT2D eigenvalue weighted by atomic mass is 16.1. The van der Waals surface area contributed by atoms with E-state index in [0.29, 0.717) is 13.0 Å². The number of hydrogen-bond acceptors (Lipinski definition) is 3. The molecule has 1 heterocycles. The fourth-order valence-electron chi connectivity index (χ4n) is 2.65. The van der Waals surface area contributed by atoms with Crippen molar-refractivity contribution in [2.24, 2.45) is 0 Å². The van der Waals surface area contributed by atoms with Gasteiger partial charge in [0.05, 0.1) is 0 Å². The average Bonchev–Trinajstić information content (AvgIpc) is 2.57. The van der Waals surface area contributed by atoms with Crippen molar-refractivity contribution in [1.82, 2.24) is 15.2 Å². The number of carbonyl (C=O) groups is 1. The number of rotatable bonds is 8. The molecule has 1 atom stereocenters. The highest BCUT2D eigenvalue weighted by Crippen LogP contribution is 2.22. The molecule has 2 rings (SSSR count). The molecule has 0 radical (unpaired) electrons. The number of hydrogen-bond donors (Lipinski definition) is 1. The number of nitrogens with zero attached hydrogens (tertiary/aromatic N) is 2. The molecule has 0 aliphatic rings. The van der Waals surface area contributed by atoms with Crippen molar-refractivity contribution in [3.05, 3.63) is 66.0 Å². The molecule has 0 bridgehead atoms. The molecule has 2 aromatic rings.